The molecule has 0 bridgehead atoms. The summed E-state index contributed by atoms with van der Waals surface area (Å²) >= 11 is 0. The molecule has 1 fully saturated rings. The highest BCUT2D eigenvalue weighted by Crippen LogP contribution is 2.28. The van der Waals surface area contributed by atoms with Crippen molar-refractivity contribution in [3.63, 3.8) is 0 Å². The van der Waals surface area contributed by atoms with Crippen molar-refractivity contribution >= 4 is 17.0 Å². The van der Waals surface area contributed by atoms with Gasteiger partial charge >= 0.3 is 0 Å². The Balaban J connectivity index is 1.62. The Morgan fingerprint density at radius 3 is 3.05 bits per heavy atom. The van der Waals surface area contributed by atoms with Crippen LogP contribution < -0.4 is 5.73 Å². The van der Waals surface area contributed by atoms with Gasteiger partial charge in [0.2, 0.25) is 5.95 Å². The van der Waals surface area contributed by atoms with E-state index in [2.05, 4.69) is 4.98 Å². The highest BCUT2D eigenvalue weighted by atomic mass is 19.1. The third kappa shape index (κ3) is 2.87. The molecular formula is C14H18FN3O. The standard InChI is InChI=1S/C14H18FN3O/c15-11-4-5-12-13(8-11)18(14(16)17-12)6-1-7-19-9-10-2-3-10/h4-5,8,10H,1-3,6-7,9H2,(H2,16,17). The molecule has 4 nitrogen and oxygen atoms in total. The SMILES string of the molecule is Nc1nc2ccc(F)cc2n1CCCOCC1CC1. The largest absolute Gasteiger partial charge is 0.381 e. The summed E-state index contributed by atoms with van der Waals surface area (Å²) in [5, 5.41) is 0. The monoisotopic (exact) mass is 263 g/mol. The van der Waals surface area contributed by atoms with Gasteiger partial charge in [-0.3, -0.25) is 0 Å². The smallest absolute Gasteiger partial charge is 0.201 e. The average Bonchev–Trinajstić information content (AvgIpc) is 3.15. The lowest BCUT2D eigenvalue weighted by atomic mass is 10.3. The summed E-state index contributed by atoms with van der Waals surface area (Å²) in [6.07, 6.45) is 3.47. The molecule has 0 aliphatic heterocycles. The highest BCUT2D eigenvalue weighted by Gasteiger charge is 2.20. The molecule has 0 atom stereocenters. The number of rotatable bonds is 6. The summed E-state index contributed by atoms with van der Waals surface area (Å²) < 4.78 is 20.7. The number of ether oxygens (including phenoxy) is 1. The van der Waals surface area contributed by atoms with Gasteiger partial charge in [0.05, 0.1) is 11.0 Å². The Morgan fingerprint density at radius 1 is 1.42 bits per heavy atom. The Hall–Kier alpha value is -1.62. The van der Waals surface area contributed by atoms with Crippen LogP contribution >= 0.6 is 0 Å². The first-order chi connectivity index (χ1) is 9.24. The minimum atomic E-state index is -0.265. The lowest BCUT2D eigenvalue weighted by Crippen LogP contribution is -2.07. The van der Waals surface area contributed by atoms with Crippen molar-refractivity contribution in [3.05, 3.63) is 24.0 Å². The van der Waals surface area contributed by atoms with E-state index in [0.717, 1.165) is 30.0 Å². The molecule has 1 aliphatic rings. The van der Waals surface area contributed by atoms with Gasteiger partial charge < -0.3 is 15.0 Å². The normalized spacial score (nSPS) is 15.2. The number of hydrogen-bond donors (Lipinski definition) is 1. The summed E-state index contributed by atoms with van der Waals surface area (Å²) in [6, 6.07) is 4.53. The number of benzene rings is 1. The fourth-order valence-corrected chi connectivity index (χ4v) is 2.21. The molecule has 0 spiro atoms. The molecule has 1 aromatic carbocycles. The van der Waals surface area contributed by atoms with Gasteiger partial charge in [0.1, 0.15) is 5.82 Å². The maximum atomic E-state index is 13.3. The number of fused-ring (bicyclic) bond motifs is 1. The van der Waals surface area contributed by atoms with Gasteiger partial charge in [-0.15, -0.1) is 0 Å². The molecule has 3 rings (SSSR count). The molecule has 2 aromatic rings. The number of nitrogen functional groups attached to an aromatic ring is 1. The van der Waals surface area contributed by atoms with E-state index in [1.807, 2.05) is 4.57 Å². The summed E-state index contributed by atoms with van der Waals surface area (Å²) in [6.45, 7) is 2.29. The summed E-state index contributed by atoms with van der Waals surface area (Å²) in [5.41, 5.74) is 7.35. The van der Waals surface area contributed by atoms with Crippen LogP contribution in [-0.4, -0.2) is 22.8 Å². The lowest BCUT2D eigenvalue weighted by molar-refractivity contribution is 0.119. The van der Waals surface area contributed by atoms with E-state index in [1.54, 1.807) is 6.07 Å². The Bertz CT molecular complexity index is 577. The fourth-order valence-electron chi connectivity index (χ4n) is 2.21. The average molecular weight is 263 g/mol. The molecule has 19 heavy (non-hydrogen) atoms. The van der Waals surface area contributed by atoms with Gasteiger partial charge in [0, 0.05) is 19.8 Å². The van der Waals surface area contributed by atoms with Crippen LogP contribution in [0.3, 0.4) is 0 Å². The van der Waals surface area contributed by atoms with E-state index in [-0.39, 0.29) is 5.82 Å². The number of imidazole rings is 1. The molecule has 5 heteroatoms. The van der Waals surface area contributed by atoms with Gasteiger partial charge in [-0.25, -0.2) is 9.37 Å². The summed E-state index contributed by atoms with van der Waals surface area (Å²) in [7, 11) is 0. The number of halogens is 1. The van der Waals surface area contributed by atoms with E-state index in [4.69, 9.17) is 10.5 Å². The molecule has 1 aliphatic carbocycles. The first kappa shape index (κ1) is 12.4. The molecule has 0 unspecified atom stereocenters. The second-order valence-corrected chi connectivity index (χ2v) is 5.13. The second-order valence-electron chi connectivity index (χ2n) is 5.13. The molecule has 0 radical (unpaired) electrons. The van der Waals surface area contributed by atoms with Crippen molar-refractivity contribution < 1.29 is 9.13 Å². The number of aromatic nitrogens is 2. The van der Waals surface area contributed by atoms with Crippen LogP contribution in [0.1, 0.15) is 19.3 Å². The van der Waals surface area contributed by atoms with E-state index < -0.39 is 0 Å². The lowest BCUT2D eigenvalue weighted by Gasteiger charge is -2.07. The van der Waals surface area contributed by atoms with E-state index in [0.29, 0.717) is 19.1 Å². The molecule has 0 amide bonds. The number of aryl methyl sites for hydroxylation is 1. The van der Waals surface area contributed by atoms with Gasteiger partial charge in [-0.1, -0.05) is 0 Å². The Kier molecular flexibility index (Phi) is 3.38. The minimum Gasteiger partial charge on any atom is -0.381 e. The molecular weight excluding hydrogens is 245 g/mol. The number of nitrogens with zero attached hydrogens (tertiary/aromatic N) is 2. The predicted molar refractivity (Wildman–Crippen MR) is 72.3 cm³/mol. The topological polar surface area (TPSA) is 53.1 Å². The number of nitrogens with two attached hydrogens (primary N) is 1. The van der Waals surface area contributed by atoms with Gasteiger partial charge in [-0.05, 0) is 43.4 Å². The second kappa shape index (κ2) is 5.17. The number of hydrogen-bond acceptors (Lipinski definition) is 3. The first-order valence-corrected chi connectivity index (χ1v) is 6.73. The zero-order valence-electron chi connectivity index (χ0n) is 10.8. The Labute approximate surface area is 111 Å². The van der Waals surface area contributed by atoms with Gasteiger partial charge in [0.25, 0.3) is 0 Å². The van der Waals surface area contributed by atoms with Gasteiger partial charge in [-0.2, -0.15) is 0 Å². The van der Waals surface area contributed by atoms with Crippen LogP contribution in [0.15, 0.2) is 18.2 Å². The Morgan fingerprint density at radius 2 is 2.26 bits per heavy atom. The fraction of sp³-hybridized carbons (Fsp3) is 0.500. The number of anilines is 1. The van der Waals surface area contributed by atoms with Crippen molar-refractivity contribution in [2.75, 3.05) is 18.9 Å². The van der Waals surface area contributed by atoms with Crippen molar-refractivity contribution in [3.8, 4) is 0 Å². The first-order valence-electron chi connectivity index (χ1n) is 6.73. The predicted octanol–water partition coefficient (Wildman–Crippen LogP) is 2.57. The van der Waals surface area contributed by atoms with Crippen molar-refractivity contribution in [1.82, 2.24) is 9.55 Å². The molecule has 102 valence electrons. The molecule has 0 saturated heterocycles. The minimum absolute atomic E-state index is 0.265. The molecule has 1 aromatic heterocycles. The zero-order chi connectivity index (χ0) is 13.2. The van der Waals surface area contributed by atoms with Crippen molar-refractivity contribution in [2.24, 2.45) is 5.92 Å². The molecule has 2 N–H and O–H groups in total. The van der Waals surface area contributed by atoms with Crippen molar-refractivity contribution in [1.29, 1.82) is 0 Å². The summed E-state index contributed by atoms with van der Waals surface area (Å²) in [4.78, 5) is 4.22. The summed E-state index contributed by atoms with van der Waals surface area (Å²) in [5.74, 6) is 0.953. The third-order valence-corrected chi connectivity index (χ3v) is 3.46. The van der Waals surface area contributed by atoms with Crippen LogP contribution in [0.25, 0.3) is 11.0 Å². The van der Waals surface area contributed by atoms with E-state index in [1.165, 1.54) is 25.0 Å². The van der Waals surface area contributed by atoms with Gasteiger partial charge in [0.15, 0.2) is 0 Å². The van der Waals surface area contributed by atoms with Crippen LogP contribution in [0, 0.1) is 11.7 Å². The maximum Gasteiger partial charge on any atom is 0.201 e. The quantitative estimate of drug-likeness (QED) is 0.815. The zero-order valence-corrected chi connectivity index (χ0v) is 10.8. The molecule has 1 saturated carbocycles. The third-order valence-electron chi connectivity index (χ3n) is 3.46. The van der Waals surface area contributed by atoms with Crippen molar-refractivity contribution in [2.45, 2.75) is 25.8 Å². The maximum absolute atomic E-state index is 13.3. The van der Waals surface area contributed by atoms with E-state index in [9.17, 15) is 4.39 Å². The molecule has 1 heterocycles. The van der Waals surface area contributed by atoms with E-state index >= 15 is 0 Å². The van der Waals surface area contributed by atoms with Crippen LogP contribution in [0.2, 0.25) is 0 Å². The van der Waals surface area contributed by atoms with Crippen LogP contribution in [0.4, 0.5) is 10.3 Å². The van der Waals surface area contributed by atoms with Crippen LogP contribution in [-0.2, 0) is 11.3 Å². The highest BCUT2D eigenvalue weighted by molar-refractivity contribution is 5.78. The van der Waals surface area contributed by atoms with Crippen LogP contribution in [0.5, 0.6) is 0 Å².